The summed E-state index contributed by atoms with van der Waals surface area (Å²) in [7, 11) is 4.72. The van der Waals surface area contributed by atoms with Gasteiger partial charge in [0.2, 0.25) is 0 Å². The molecule has 2 aromatic rings. The van der Waals surface area contributed by atoms with Crippen LogP contribution in [0.15, 0.2) is 36.5 Å². The lowest BCUT2D eigenvalue weighted by Crippen LogP contribution is -2.29. The molecule has 0 aliphatic heterocycles. The van der Waals surface area contributed by atoms with Crippen molar-refractivity contribution in [2.24, 2.45) is 0 Å². The van der Waals surface area contributed by atoms with Gasteiger partial charge >= 0.3 is 0 Å². The van der Waals surface area contributed by atoms with Gasteiger partial charge in [-0.15, -0.1) is 0 Å². The highest BCUT2D eigenvalue weighted by molar-refractivity contribution is 5.98. The van der Waals surface area contributed by atoms with Crippen molar-refractivity contribution in [2.75, 3.05) is 41.0 Å². The molecule has 28 heavy (non-hydrogen) atoms. The Bertz CT molecular complexity index is 810. The third-order valence-electron chi connectivity index (χ3n) is 3.99. The van der Waals surface area contributed by atoms with Crippen molar-refractivity contribution in [3.63, 3.8) is 0 Å². The van der Waals surface area contributed by atoms with Gasteiger partial charge in [-0.3, -0.25) is 14.6 Å². The maximum atomic E-state index is 12.3. The molecule has 0 aliphatic rings. The van der Waals surface area contributed by atoms with Crippen molar-refractivity contribution in [3.8, 4) is 11.5 Å². The first-order chi connectivity index (χ1) is 13.6. The number of hydrogen-bond donors (Lipinski definition) is 2. The van der Waals surface area contributed by atoms with Crippen molar-refractivity contribution >= 4 is 11.8 Å². The molecule has 8 heteroatoms. The smallest absolute Gasteiger partial charge is 0.269 e. The van der Waals surface area contributed by atoms with Crippen LogP contribution in [-0.2, 0) is 11.2 Å². The van der Waals surface area contributed by atoms with E-state index in [0.717, 1.165) is 5.56 Å². The second-order valence-corrected chi connectivity index (χ2v) is 5.87. The highest BCUT2D eigenvalue weighted by atomic mass is 16.5. The monoisotopic (exact) mass is 387 g/mol. The SMILES string of the molecule is COCCNC(=O)c1ccnc(C(=O)NCCc2ccc(OC)c(OC)c2)c1. The number of nitrogens with zero attached hydrogens (tertiary/aromatic N) is 1. The van der Waals surface area contributed by atoms with E-state index in [1.54, 1.807) is 27.4 Å². The third-order valence-corrected chi connectivity index (χ3v) is 3.99. The van der Waals surface area contributed by atoms with E-state index in [0.29, 0.717) is 43.2 Å². The van der Waals surface area contributed by atoms with Crippen LogP contribution >= 0.6 is 0 Å². The van der Waals surface area contributed by atoms with Gasteiger partial charge < -0.3 is 24.8 Å². The molecule has 0 saturated heterocycles. The summed E-state index contributed by atoms with van der Waals surface area (Å²) in [6.07, 6.45) is 2.05. The van der Waals surface area contributed by atoms with Crippen molar-refractivity contribution in [2.45, 2.75) is 6.42 Å². The zero-order valence-corrected chi connectivity index (χ0v) is 16.3. The van der Waals surface area contributed by atoms with E-state index in [9.17, 15) is 9.59 Å². The fourth-order valence-electron chi connectivity index (χ4n) is 2.51. The van der Waals surface area contributed by atoms with E-state index in [1.165, 1.54) is 12.3 Å². The molecule has 0 aliphatic carbocycles. The molecule has 0 spiro atoms. The molecule has 2 amide bonds. The molecular weight excluding hydrogens is 362 g/mol. The molecule has 0 radical (unpaired) electrons. The Hall–Kier alpha value is -3.13. The summed E-state index contributed by atoms with van der Waals surface area (Å²) in [6.45, 7) is 1.23. The largest absolute Gasteiger partial charge is 0.493 e. The van der Waals surface area contributed by atoms with Gasteiger partial charge in [-0.05, 0) is 36.2 Å². The molecule has 0 atom stereocenters. The minimum atomic E-state index is -0.341. The molecule has 0 saturated carbocycles. The average molecular weight is 387 g/mol. The predicted octanol–water partition coefficient (Wildman–Crippen LogP) is 1.45. The summed E-state index contributed by atoms with van der Waals surface area (Å²) in [5, 5.41) is 5.51. The lowest BCUT2D eigenvalue weighted by atomic mass is 10.1. The number of hydrogen-bond acceptors (Lipinski definition) is 6. The van der Waals surface area contributed by atoms with Crippen LogP contribution in [0.25, 0.3) is 0 Å². The Labute approximate surface area is 164 Å². The molecule has 150 valence electrons. The fourth-order valence-corrected chi connectivity index (χ4v) is 2.51. The van der Waals surface area contributed by atoms with E-state index in [-0.39, 0.29) is 17.5 Å². The van der Waals surface area contributed by atoms with Crippen LogP contribution in [-0.4, -0.2) is 57.8 Å². The first-order valence-corrected chi connectivity index (χ1v) is 8.81. The quantitative estimate of drug-likeness (QED) is 0.599. The number of nitrogens with one attached hydrogen (secondary N) is 2. The summed E-state index contributed by atoms with van der Waals surface area (Å²) in [6, 6.07) is 8.63. The van der Waals surface area contributed by atoms with Gasteiger partial charge in [0.05, 0.1) is 20.8 Å². The van der Waals surface area contributed by atoms with E-state index in [1.807, 2.05) is 18.2 Å². The van der Waals surface area contributed by atoms with Gasteiger partial charge in [0.1, 0.15) is 5.69 Å². The summed E-state index contributed by atoms with van der Waals surface area (Å²) in [5.41, 5.74) is 1.56. The second kappa shape index (κ2) is 10.9. The van der Waals surface area contributed by atoms with Gasteiger partial charge in [-0.2, -0.15) is 0 Å². The molecule has 1 heterocycles. The Morgan fingerprint density at radius 1 is 0.929 bits per heavy atom. The van der Waals surface area contributed by atoms with E-state index < -0.39 is 0 Å². The van der Waals surface area contributed by atoms with Crippen molar-refractivity contribution in [3.05, 3.63) is 53.3 Å². The van der Waals surface area contributed by atoms with E-state index in [2.05, 4.69) is 15.6 Å². The van der Waals surface area contributed by atoms with Gasteiger partial charge in [-0.1, -0.05) is 6.07 Å². The second-order valence-electron chi connectivity index (χ2n) is 5.87. The number of carbonyl (C=O) groups is 2. The highest BCUT2D eigenvalue weighted by Gasteiger charge is 2.12. The topological polar surface area (TPSA) is 98.8 Å². The van der Waals surface area contributed by atoms with Gasteiger partial charge in [0, 0.05) is 32.0 Å². The van der Waals surface area contributed by atoms with Crippen molar-refractivity contribution in [1.82, 2.24) is 15.6 Å². The summed E-state index contributed by atoms with van der Waals surface area (Å²) in [4.78, 5) is 28.4. The minimum Gasteiger partial charge on any atom is -0.493 e. The molecular formula is C20H25N3O5. The number of pyridine rings is 1. The van der Waals surface area contributed by atoms with Crippen LogP contribution in [0.4, 0.5) is 0 Å². The molecule has 8 nitrogen and oxygen atoms in total. The molecule has 1 aromatic heterocycles. The predicted molar refractivity (Wildman–Crippen MR) is 104 cm³/mol. The van der Waals surface area contributed by atoms with Crippen LogP contribution < -0.4 is 20.1 Å². The average Bonchev–Trinajstić information content (AvgIpc) is 2.73. The summed E-state index contributed by atoms with van der Waals surface area (Å²) in [5.74, 6) is 0.672. The van der Waals surface area contributed by atoms with Crippen LogP contribution in [0.3, 0.4) is 0 Å². The Kier molecular flexibility index (Phi) is 8.23. The van der Waals surface area contributed by atoms with Gasteiger partial charge in [0.15, 0.2) is 11.5 Å². The fraction of sp³-hybridized carbons (Fsp3) is 0.350. The summed E-state index contributed by atoms with van der Waals surface area (Å²) < 4.78 is 15.4. The normalized spacial score (nSPS) is 10.2. The van der Waals surface area contributed by atoms with Crippen LogP contribution in [0.2, 0.25) is 0 Å². The molecule has 2 rings (SSSR count). The van der Waals surface area contributed by atoms with Crippen molar-refractivity contribution < 1.29 is 23.8 Å². The Morgan fingerprint density at radius 2 is 1.68 bits per heavy atom. The minimum absolute atomic E-state index is 0.187. The first kappa shape index (κ1) is 21.2. The maximum absolute atomic E-state index is 12.3. The number of amides is 2. The van der Waals surface area contributed by atoms with Crippen LogP contribution in [0, 0.1) is 0 Å². The number of carbonyl (C=O) groups excluding carboxylic acids is 2. The number of rotatable bonds is 10. The van der Waals surface area contributed by atoms with Gasteiger partial charge in [-0.25, -0.2) is 0 Å². The summed E-state index contributed by atoms with van der Waals surface area (Å²) >= 11 is 0. The first-order valence-electron chi connectivity index (χ1n) is 8.81. The van der Waals surface area contributed by atoms with E-state index >= 15 is 0 Å². The lowest BCUT2D eigenvalue weighted by Gasteiger charge is -2.10. The number of aromatic nitrogens is 1. The lowest BCUT2D eigenvalue weighted by molar-refractivity contribution is 0.0937. The number of methoxy groups -OCH3 is 3. The van der Waals surface area contributed by atoms with Gasteiger partial charge in [0.25, 0.3) is 11.8 Å². The number of ether oxygens (including phenoxy) is 3. The van der Waals surface area contributed by atoms with Crippen molar-refractivity contribution in [1.29, 1.82) is 0 Å². The zero-order valence-electron chi connectivity index (χ0n) is 16.3. The molecule has 1 aromatic carbocycles. The van der Waals surface area contributed by atoms with Crippen LogP contribution in [0.5, 0.6) is 11.5 Å². The molecule has 0 fully saturated rings. The highest BCUT2D eigenvalue weighted by Crippen LogP contribution is 2.27. The Morgan fingerprint density at radius 3 is 2.39 bits per heavy atom. The number of benzene rings is 1. The third kappa shape index (κ3) is 5.95. The molecule has 0 unspecified atom stereocenters. The molecule has 0 bridgehead atoms. The molecule has 2 N–H and O–H groups in total. The van der Waals surface area contributed by atoms with Crippen LogP contribution in [0.1, 0.15) is 26.4 Å². The van der Waals surface area contributed by atoms with E-state index in [4.69, 9.17) is 14.2 Å². The standard InChI is InChI=1S/C20H25N3O5/c1-26-11-10-23-19(24)15-7-9-21-16(13-15)20(25)22-8-6-14-4-5-17(27-2)18(12-14)28-3/h4-5,7,9,12-13H,6,8,10-11H2,1-3H3,(H,22,25)(H,23,24). The zero-order chi connectivity index (χ0) is 20.4. The Balaban J connectivity index is 1.91. The maximum Gasteiger partial charge on any atom is 0.269 e.